The van der Waals surface area contributed by atoms with Crippen molar-refractivity contribution in [2.45, 2.75) is 130 Å². The molecular weight excluding hydrogens is 596 g/mol. The molecule has 46 heavy (non-hydrogen) atoms. The highest BCUT2D eigenvalue weighted by atomic mass is 32.2. The maximum Gasteiger partial charge on any atom is 0.306 e. The van der Waals surface area contributed by atoms with Crippen molar-refractivity contribution >= 4 is 23.7 Å². The Morgan fingerprint density at radius 3 is 1.24 bits per heavy atom. The largest absolute Gasteiger partial charge is 0.507 e. The summed E-state index contributed by atoms with van der Waals surface area (Å²) in [6.45, 7) is 26.2. The lowest BCUT2D eigenvalue weighted by molar-refractivity contribution is -0.143. The van der Waals surface area contributed by atoms with E-state index in [1.54, 1.807) is 18.9 Å². The number of ether oxygens (including phenoxy) is 3. The van der Waals surface area contributed by atoms with Crippen LogP contribution in [-0.4, -0.2) is 48.9 Å². The van der Waals surface area contributed by atoms with Gasteiger partial charge in [-0.3, -0.25) is 9.59 Å². The van der Waals surface area contributed by atoms with Crippen LogP contribution in [0, 0.1) is 0 Å². The molecule has 0 aromatic heterocycles. The molecule has 0 aliphatic heterocycles. The van der Waals surface area contributed by atoms with Gasteiger partial charge in [0.05, 0.1) is 7.11 Å². The predicted octanol–water partition coefficient (Wildman–Crippen LogP) is 8.98. The average Bonchev–Trinajstić information content (AvgIpc) is 2.92. The molecule has 0 unspecified atom stereocenters. The van der Waals surface area contributed by atoms with Crippen LogP contribution in [0.2, 0.25) is 0 Å². The maximum atomic E-state index is 12.5. The van der Waals surface area contributed by atoms with Crippen LogP contribution in [0.15, 0.2) is 24.3 Å². The highest BCUT2D eigenvalue weighted by Crippen LogP contribution is 2.41. The average molecular weight is 657 g/mol. The molecule has 0 atom stereocenters. The molecule has 0 radical (unpaired) electrons. The minimum atomic E-state index is -0.238. The van der Waals surface area contributed by atoms with Crippen LogP contribution in [-0.2, 0) is 53.6 Å². The molecule has 0 fully saturated rings. The zero-order valence-corrected chi connectivity index (χ0v) is 31.7. The van der Waals surface area contributed by atoms with Crippen molar-refractivity contribution in [3.05, 3.63) is 57.6 Å². The Hall–Kier alpha value is -2.67. The molecule has 258 valence electrons. The van der Waals surface area contributed by atoms with Gasteiger partial charge in [-0.25, -0.2) is 0 Å². The second-order valence-corrected chi connectivity index (χ2v) is 17.5. The van der Waals surface area contributed by atoms with Crippen LogP contribution in [0.3, 0.4) is 0 Å². The molecule has 0 saturated heterocycles. The molecule has 7 heteroatoms. The van der Waals surface area contributed by atoms with E-state index in [-0.39, 0.29) is 40.0 Å². The lowest BCUT2D eigenvalue weighted by atomic mass is 9.78. The lowest BCUT2D eigenvalue weighted by Crippen LogP contribution is -2.20. The van der Waals surface area contributed by atoms with E-state index >= 15 is 0 Å². The summed E-state index contributed by atoms with van der Waals surface area (Å²) in [4.78, 5) is 24.9. The van der Waals surface area contributed by atoms with E-state index in [4.69, 9.17) is 14.2 Å². The number of phenolic OH excluding ortho intramolecular Hbond substituents is 1. The SMILES string of the molecule is COc1c(C(C)(C)C)cc(CCC(=O)OCCSCCOC(=O)CCc2cc(C(C)(C)C)c(O)c(C(C)(C)C)c2)cc1C(C)(C)C. The van der Waals surface area contributed by atoms with E-state index in [2.05, 4.69) is 95.2 Å². The highest BCUT2D eigenvalue weighted by Gasteiger charge is 2.28. The summed E-state index contributed by atoms with van der Waals surface area (Å²) < 4.78 is 16.8. The summed E-state index contributed by atoms with van der Waals surface area (Å²) in [6.07, 6.45) is 1.76. The van der Waals surface area contributed by atoms with Crippen molar-refractivity contribution in [2.75, 3.05) is 31.8 Å². The van der Waals surface area contributed by atoms with Crippen molar-refractivity contribution in [2.24, 2.45) is 0 Å². The zero-order chi connectivity index (χ0) is 35.1. The highest BCUT2D eigenvalue weighted by molar-refractivity contribution is 7.99. The third kappa shape index (κ3) is 11.8. The van der Waals surface area contributed by atoms with Gasteiger partial charge in [-0.15, -0.1) is 0 Å². The molecule has 6 nitrogen and oxygen atoms in total. The van der Waals surface area contributed by atoms with Gasteiger partial charge in [0.1, 0.15) is 24.7 Å². The van der Waals surface area contributed by atoms with Gasteiger partial charge in [0.15, 0.2) is 0 Å². The monoisotopic (exact) mass is 656 g/mol. The van der Waals surface area contributed by atoms with E-state index in [1.807, 2.05) is 12.1 Å². The Balaban J connectivity index is 1.77. The van der Waals surface area contributed by atoms with E-state index < -0.39 is 0 Å². The van der Waals surface area contributed by atoms with Crippen LogP contribution in [0.1, 0.15) is 129 Å². The second-order valence-electron chi connectivity index (χ2n) is 16.3. The number of rotatable bonds is 13. The Labute approximate surface area is 283 Å². The number of carbonyl (C=O) groups is 2. The third-order valence-corrected chi connectivity index (χ3v) is 8.88. The molecule has 0 amide bonds. The van der Waals surface area contributed by atoms with Gasteiger partial charge >= 0.3 is 11.9 Å². The normalized spacial score (nSPS) is 12.6. The molecule has 0 aliphatic carbocycles. The summed E-state index contributed by atoms with van der Waals surface area (Å²) in [5.41, 5.74) is 5.61. The summed E-state index contributed by atoms with van der Waals surface area (Å²) in [7, 11) is 1.72. The van der Waals surface area contributed by atoms with E-state index in [0.29, 0.717) is 49.7 Å². The fraction of sp³-hybridized carbons (Fsp3) is 0.641. The second kappa shape index (κ2) is 16.0. The molecule has 0 aliphatic rings. The van der Waals surface area contributed by atoms with Crippen LogP contribution in [0.25, 0.3) is 0 Å². The number of methoxy groups -OCH3 is 1. The molecule has 2 aromatic carbocycles. The molecule has 2 rings (SSSR count). The van der Waals surface area contributed by atoms with Crippen LogP contribution < -0.4 is 4.74 Å². The summed E-state index contributed by atoms with van der Waals surface area (Å²) in [6, 6.07) is 8.35. The molecule has 0 saturated carbocycles. The number of carbonyl (C=O) groups excluding carboxylic acids is 2. The molecule has 0 spiro atoms. The Morgan fingerprint density at radius 2 is 0.935 bits per heavy atom. The first-order valence-electron chi connectivity index (χ1n) is 16.5. The predicted molar refractivity (Wildman–Crippen MR) is 192 cm³/mol. The molecule has 1 N–H and O–H groups in total. The zero-order valence-electron chi connectivity index (χ0n) is 30.9. The molecule has 0 heterocycles. The van der Waals surface area contributed by atoms with E-state index in [1.165, 1.54) is 0 Å². The fourth-order valence-corrected chi connectivity index (χ4v) is 5.92. The van der Waals surface area contributed by atoms with Gasteiger partial charge in [0, 0.05) is 35.5 Å². The van der Waals surface area contributed by atoms with Gasteiger partial charge in [0.2, 0.25) is 0 Å². The van der Waals surface area contributed by atoms with E-state index in [9.17, 15) is 14.7 Å². The first-order valence-corrected chi connectivity index (χ1v) is 17.7. The van der Waals surface area contributed by atoms with Crippen molar-refractivity contribution in [1.29, 1.82) is 0 Å². The van der Waals surface area contributed by atoms with Gasteiger partial charge in [-0.2, -0.15) is 11.8 Å². The molecular formula is C39H60O6S. The van der Waals surface area contributed by atoms with Crippen molar-refractivity contribution < 1.29 is 28.9 Å². The van der Waals surface area contributed by atoms with Gasteiger partial charge in [-0.05, 0) is 56.8 Å². The summed E-state index contributed by atoms with van der Waals surface area (Å²) in [5, 5.41) is 10.9. The number of esters is 2. The standard InChI is InChI=1S/C39H60O6S/c1-36(2,3)28-22-26(23-29(34(28)42)37(4,5)6)14-16-32(40)44-18-20-46-21-19-45-33(41)17-15-27-24-30(38(7,8)9)35(43-13)31(25-27)39(10,11)12/h22-25,42H,14-21H2,1-13H3. The summed E-state index contributed by atoms with van der Waals surface area (Å²) in [5.74, 6) is 2.11. The van der Waals surface area contributed by atoms with Crippen LogP contribution in [0.4, 0.5) is 0 Å². The van der Waals surface area contributed by atoms with Crippen LogP contribution in [0.5, 0.6) is 11.5 Å². The lowest BCUT2D eigenvalue weighted by Gasteiger charge is -2.30. The first-order chi connectivity index (χ1) is 21.1. The minimum absolute atomic E-state index is 0.0908. The number of thioether (sulfide) groups is 1. The quantitative estimate of drug-likeness (QED) is 0.170. The van der Waals surface area contributed by atoms with Crippen LogP contribution >= 0.6 is 11.8 Å². The number of aryl methyl sites for hydroxylation is 2. The molecule has 2 aromatic rings. The number of hydrogen-bond acceptors (Lipinski definition) is 7. The van der Waals surface area contributed by atoms with Crippen molar-refractivity contribution in [3.63, 3.8) is 0 Å². The fourth-order valence-electron chi connectivity index (χ4n) is 5.32. The van der Waals surface area contributed by atoms with Gasteiger partial charge < -0.3 is 19.3 Å². The Kier molecular flexibility index (Phi) is 13.7. The topological polar surface area (TPSA) is 82.1 Å². The number of benzene rings is 2. The Morgan fingerprint density at radius 1 is 0.609 bits per heavy atom. The Bertz CT molecular complexity index is 1260. The number of phenols is 1. The number of hydrogen-bond donors (Lipinski definition) is 1. The minimum Gasteiger partial charge on any atom is -0.507 e. The van der Waals surface area contributed by atoms with Gasteiger partial charge in [-0.1, -0.05) is 107 Å². The van der Waals surface area contributed by atoms with E-state index in [0.717, 1.165) is 39.1 Å². The van der Waals surface area contributed by atoms with Crippen molar-refractivity contribution in [1.82, 2.24) is 0 Å². The smallest absolute Gasteiger partial charge is 0.306 e. The summed E-state index contributed by atoms with van der Waals surface area (Å²) >= 11 is 1.59. The molecule has 0 bridgehead atoms. The van der Waals surface area contributed by atoms with Crippen molar-refractivity contribution in [3.8, 4) is 11.5 Å². The first kappa shape index (κ1) is 39.5. The maximum absolute atomic E-state index is 12.5. The van der Waals surface area contributed by atoms with Gasteiger partial charge in [0.25, 0.3) is 0 Å². The number of aromatic hydroxyl groups is 1. The third-order valence-electron chi connectivity index (χ3n) is 7.97.